The maximum absolute atomic E-state index is 13.0. The smallest absolute Gasteiger partial charge is 0.210 e. The lowest BCUT2D eigenvalue weighted by atomic mass is 10.0. The zero-order valence-electron chi connectivity index (χ0n) is 6.93. The van der Waals surface area contributed by atoms with Gasteiger partial charge in [0.1, 0.15) is 5.82 Å². The SMILES string of the molecule is C=Cc1cccc(F)c1CC(F)F. The van der Waals surface area contributed by atoms with Crippen molar-refractivity contribution in [3.8, 4) is 0 Å². The van der Waals surface area contributed by atoms with Crippen molar-refractivity contribution < 1.29 is 13.2 Å². The Morgan fingerprint density at radius 3 is 2.62 bits per heavy atom. The molecule has 0 fully saturated rings. The van der Waals surface area contributed by atoms with E-state index in [-0.39, 0.29) is 5.56 Å². The molecule has 0 aromatic heterocycles. The van der Waals surface area contributed by atoms with E-state index >= 15 is 0 Å². The molecule has 0 nitrogen and oxygen atoms in total. The van der Waals surface area contributed by atoms with Gasteiger partial charge < -0.3 is 0 Å². The van der Waals surface area contributed by atoms with Gasteiger partial charge in [-0.05, 0) is 11.6 Å². The first-order valence-corrected chi connectivity index (χ1v) is 3.83. The van der Waals surface area contributed by atoms with E-state index in [1.54, 1.807) is 6.07 Å². The molecule has 0 spiro atoms. The standard InChI is InChI=1S/C10H9F3/c1-2-7-4-3-5-9(11)8(7)6-10(12)13/h2-5,10H,1,6H2. The first-order chi connectivity index (χ1) is 6.15. The fraction of sp³-hybridized carbons (Fsp3) is 0.200. The summed E-state index contributed by atoms with van der Waals surface area (Å²) in [6.07, 6.45) is -1.72. The van der Waals surface area contributed by atoms with Gasteiger partial charge in [0.05, 0.1) is 0 Å². The highest BCUT2D eigenvalue weighted by Crippen LogP contribution is 2.18. The minimum Gasteiger partial charge on any atom is -0.210 e. The molecule has 1 rings (SSSR count). The highest BCUT2D eigenvalue weighted by molar-refractivity contribution is 5.52. The number of hydrogen-bond donors (Lipinski definition) is 0. The van der Waals surface area contributed by atoms with E-state index in [1.807, 2.05) is 0 Å². The van der Waals surface area contributed by atoms with Gasteiger partial charge in [-0.2, -0.15) is 0 Å². The van der Waals surface area contributed by atoms with Crippen molar-refractivity contribution in [2.24, 2.45) is 0 Å². The Bertz CT molecular complexity index is 305. The van der Waals surface area contributed by atoms with E-state index in [1.165, 1.54) is 18.2 Å². The summed E-state index contributed by atoms with van der Waals surface area (Å²) in [5.74, 6) is -0.599. The number of hydrogen-bond acceptors (Lipinski definition) is 0. The highest BCUT2D eigenvalue weighted by atomic mass is 19.3. The van der Waals surface area contributed by atoms with Crippen molar-refractivity contribution in [2.75, 3.05) is 0 Å². The van der Waals surface area contributed by atoms with Crippen LogP contribution in [0.5, 0.6) is 0 Å². The monoisotopic (exact) mass is 186 g/mol. The summed E-state index contributed by atoms with van der Waals surface area (Å²) in [7, 11) is 0. The molecule has 70 valence electrons. The Balaban J connectivity index is 3.07. The molecule has 0 heterocycles. The normalized spacial score (nSPS) is 10.5. The molecule has 0 atom stereocenters. The van der Waals surface area contributed by atoms with Crippen LogP contribution in [0, 0.1) is 5.82 Å². The van der Waals surface area contributed by atoms with Crippen molar-refractivity contribution in [3.05, 3.63) is 41.7 Å². The third-order valence-electron chi connectivity index (χ3n) is 1.73. The topological polar surface area (TPSA) is 0 Å². The van der Waals surface area contributed by atoms with Gasteiger partial charge in [0.2, 0.25) is 6.43 Å². The van der Waals surface area contributed by atoms with Crippen LogP contribution in [0.2, 0.25) is 0 Å². The fourth-order valence-corrected chi connectivity index (χ4v) is 1.14. The van der Waals surface area contributed by atoms with Crippen LogP contribution in [0.25, 0.3) is 6.08 Å². The third kappa shape index (κ3) is 2.34. The summed E-state index contributed by atoms with van der Waals surface area (Å²) in [5, 5.41) is 0. The average molecular weight is 186 g/mol. The van der Waals surface area contributed by atoms with Crippen molar-refractivity contribution in [1.29, 1.82) is 0 Å². The van der Waals surface area contributed by atoms with Crippen LogP contribution < -0.4 is 0 Å². The molecule has 0 bridgehead atoms. The second kappa shape index (κ2) is 4.12. The summed E-state index contributed by atoms with van der Waals surface area (Å²) in [5.41, 5.74) is 0.466. The lowest BCUT2D eigenvalue weighted by Crippen LogP contribution is -2.01. The second-order valence-electron chi connectivity index (χ2n) is 2.61. The van der Waals surface area contributed by atoms with Gasteiger partial charge in [-0.15, -0.1) is 0 Å². The van der Waals surface area contributed by atoms with Gasteiger partial charge in [0, 0.05) is 12.0 Å². The lowest BCUT2D eigenvalue weighted by Gasteiger charge is -2.05. The molecule has 0 aliphatic rings. The molecule has 1 aromatic rings. The maximum atomic E-state index is 13.0. The maximum Gasteiger partial charge on any atom is 0.242 e. The van der Waals surface area contributed by atoms with Crippen LogP contribution in [0.3, 0.4) is 0 Å². The molecule has 0 amide bonds. The van der Waals surface area contributed by atoms with Gasteiger partial charge in [0.25, 0.3) is 0 Å². The summed E-state index contributed by atoms with van der Waals surface area (Å²) in [4.78, 5) is 0. The van der Waals surface area contributed by atoms with E-state index in [4.69, 9.17) is 0 Å². The summed E-state index contributed by atoms with van der Waals surface area (Å²) in [6.45, 7) is 3.43. The quantitative estimate of drug-likeness (QED) is 0.679. The first kappa shape index (κ1) is 9.84. The molecular formula is C10H9F3. The number of alkyl halides is 2. The molecular weight excluding hydrogens is 177 g/mol. The zero-order valence-corrected chi connectivity index (χ0v) is 6.93. The van der Waals surface area contributed by atoms with Gasteiger partial charge in [-0.25, -0.2) is 13.2 Å². The van der Waals surface area contributed by atoms with E-state index in [2.05, 4.69) is 6.58 Å². The predicted molar refractivity (Wildman–Crippen MR) is 46.2 cm³/mol. The summed E-state index contributed by atoms with van der Waals surface area (Å²) in [6, 6.07) is 4.21. The van der Waals surface area contributed by atoms with E-state index in [9.17, 15) is 13.2 Å². The van der Waals surface area contributed by atoms with Gasteiger partial charge in [0.15, 0.2) is 0 Å². The Kier molecular flexibility index (Phi) is 3.12. The average Bonchev–Trinajstić information content (AvgIpc) is 2.08. The molecule has 1 aromatic carbocycles. The molecule has 13 heavy (non-hydrogen) atoms. The van der Waals surface area contributed by atoms with Crippen LogP contribution >= 0.6 is 0 Å². The Morgan fingerprint density at radius 2 is 2.08 bits per heavy atom. The molecule has 0 saturated heterocycles. The van der Waals surface area contributed by atoms with E-state index in [0.717, 1.165) is 0 Å². The van der Waals surface area contributed by atoms with Crippen molar-refractivity contribution in [3.63, 3.8) is 0 Å². The highest BCUT2D eigenvalue weighted by Gasteiger charge is 2.11. The van der Waals surface area contributed by atoms with Crippen LogP contribution in [-0.4, -0.2) is 6.43 Å². The lowest BCUT2D eigenvalue weighted by molar-refractivity contribution is 0.147. The van der Waals surface area contributed by atoms with Crippen LogP contribution in [0.1, 0.15) is 11.1 Å². The first-order valence-electron chi connectivity index (χ1n) is 3.83. The molecule has 0 aliphatic heterocycles. The minimum absolute atomic E-state index is 0.0347. The molecule has 3 heteroatoms. The summed E-state index contributed by atoms with van der Waals surface area (Å²) >= 11 is 0. The van der Waals surface area contributed by atoms with E-state index in [0.29, 0.717) is 5.56 Å². The largest absolute Gasteiger partial charge is 0.242 e. The van der Waals surface area contributed by atoms with Crippen molar-refractivity contribution in [1.82, 2.24) is 0 Å². The summed E-state index contributed by atoms with van der Waals surface area (Å²) < 4.78 is 37.0. The molecule has 0 aliphatic carbocycles. The minimum atomic E-state index is -2.53. The van der Waals surface area contributed by atoms with E-state index < -0.39 is 18.7 Å². The second-order valence-corrected chi connectivity index (χ2v) is 2.61. The predicted octanol–water partition coefficient (Wildman–Crippen LogP) is 3.28. The van der Waals surface area contributed by atoms with Gasteiger partial charge in [-0.1, -0.05) is 24.8 Å². The molecule has 0 saturated carbocycles. The van der Waals surface area contributed by atoms with Crippen LogP contribution in [0.15, 0.2) is 24.8 Å². The van der Waals surface area contributed by atoms with Crippen LogP contribution in [0.4, 0.5) is 13.2 Å². The van der Waals surface area contributed by atoms with Gasteiger partial charge in [-0.3, -0.25) is 0 Å². The molecule has 0 N–H and O–H groups in total. The zero-order chi connectivity index (χ0) is 9.84. The number of rotatable bonds is 3. The van der Waals surface area contributed by atoms with Crippen LogP contribution in [-0.2, 0) is 6.42 Å². The Morgan fingerprint density at radius 1 is 1.38 bits per heavy atom. The molecule has 0 unspecified atom stereocenters. The number of halogens is 3. The number of benzene rings is 1. The third-order valence-corrected chi connectivity index (χ3v) is 1.73. The molecule has 0 radical (unpaired) electrons. The van der Waals surface area contributed by atoms with Gasteiger partial charge >= 0.3 is 0 Å². The Labute approximate surface area is 74.7 Å². The van der Waals surface area contributed by atoms with Crippen molar-refractivity contribution >= 4 is 6.08 Å². The fourth-order valence-electron chi connectivity index (χ4n) is 1.14. The Hall–Kier alpha value is -1.25. The van der Waals surface area contributed by atoms with Crippen molar-refractivity contribution in [2.45, 2.75) is 12.8 Å².